The van der Waals surface area contributed by atoms with Crippen molar-refractivity contribution >= 4 is 44.5 Å². The third-order valence-electron chi connectivity index (χ3n) is 2.83. The molecule has 3 aromatic rings. The van der Waals surface area contributed by atoms with Gasteiger partial charge >= 0.3 is 5.97 Å². The summed E-state index contributed by atoms with van der Waals surface area (Å²) in [7, 11) is 0. The number of carboxylic acids is 1. The first kappa shape index (κ1) is 13.1. The predicted molar refractivity (Wildman–Crippen MR) is 78.5 cm³/mol. The molecule has 0 bridgehead atoms. The Morgan fingerprint density at radius 3 is 2.75 bits per heavy atom. The zero-order valence-corrected chi connectivity index (χ0v) is 12.3. The number of fused-ring (bicyclic) bond motifs is 1. The maximum atomic E-state index is 10.9. The first-order chi connectivity index (χ1) is 9.56. The van der Waals surface area contributed by atoms with Gasteiger partial charge in [-0.1, -0.05) is 16.8 Å². The van der Waals surface area contributed by atoms with E-state index in [1.54, 1.807) is 22.9 Å². The molecule has 0 aliphatic heterocycles. The molecule has 0 radical (unpaired) electrons. The molecule has 0 fully saturated rings. The quantitative estimate of drug-likeness (QED) is 0.766. The fourth-order valence-corrected chi connectivity index (χ4v) is 2.74. The molecule has 1 heterocycles. The van der Waals surface area contributed by atoms with Gasteiger partial charge in [0.15, 0.2) is 0 Å². The molecule has 3 rings (SSSR count). The van der Waals surface area contributed by atoms with Crippen LogP contribution < -0.4 is 0 Å². The second kappa shape index (κ2) is 4.88. The lowest BCUT2D eigenvalue weighted by Crippen LogP contribution is -1.98. The van der Waals surface area contributed by atoms with Gasteiger partial charge < -0.3 is 5.11 Å². The van der Waals surface area contributed by atoms with E-state index >= 15 is 0 Å². The summed E-state index contributed by atoms with van der Waals surface area (Å²) in [5, 5.41) is 17.6. The molecular formula is C13H7BrClN3O2. The van der Waals surface area contributed by atoms with Gasteiger partial charge in [0.25, 0.3) is 0 Å². The number of carbonyl (C=O) groups is 1. The first-order valence-corrected chi connectivity index (χ1v) is 6.77. The second-order valence-electron chi connectivity index (χ2n) is 4.11. The van der Waals surface area contributed by atoms with Crippen LogP contribution in [0.25, 0.3) is 16.7 Å². The number of hydrogen-bond donors (Lipinski definition) is 1. The van der Waals surface area contributed by atoms with Crippen LogP contribution >= 0.6 is 27.5 Å². The normalized spacial score (nSPS) is 10.9. The maximum Gasteiger partial charge on any atom is 0.335 e. The van der Waals surface area contributed by atoms with E-state index in [0.29, 0.717) is 10.5 Å². The lowest BCUT2D eigenvalue weighted by molar-refractivity contribution is 0.0697. The molecule has 20 heavy (non-hydrogen) atoms. The Morgan fingerprint density at radius 2 is 2.05 bits per heavy atom. The third-order valence-corrected chi connectivity index (χ3v) is 3.70. The molecule has 0 aliphatic carbocycles. The van der Waals surface area contributed by atoms with Crippen molar-refractivity contribution < 1.29 is 9.90 Å². The van der Waals surface area contributed by atoms with Gasteiger partial charge in [-0.2, -0.15) is 0 Å². The molecule has 1 aromatic heterocycles. The number of benzene rings is 2. The van der Waals surface area contributed by atoms with Crippen LogP contribution in [0, 0.1) is 0 Å². The molecule has 0 amide bonds. The van der Waals surface area contributed by atoms with E-state index < -0.39 is 5.97 Å². The van der Waals surface area contributed by atoms with E-state index in [1.165, 1.54) is 12.1 Å². The number of rotatable bonds is 2. The number of nitrogens with zero attached hydrogens (tertiary/aromatic N) is 3. The molecule has 0 saturated heterocycles. The van der Waals surface area contributed by atoms with E-state index in [9.17, 15) is 4.79 Å². The fourth-order valence-electron chi connectivity index (χ4n) is 1.89. The van der Waals surface area contributed by atoms with Crippen molar-refractivity contribution in [3.63, 3.8) is 0 Å². The average molecular weight is 353 g/mol. The molecule has 2 aromatic carbocycles. The Balaban J connectivity index is 2.20. The van der Waals surface area contributed by atoms with Crippen molar-refractivity contribution in [1.29, 1.82) is 0 Å². The molecular weight excluding hydrogens is 346 g/mol. The van der Waals surface area contributed by atoms with E-state index in [-0.39, 0.29) is 5.56 Å². The molecule has 0 spiro atoms. The molecule has 0 atom stereocenters. The van der Waals surface area contributed by atoms with Crippen LogP contribution in [0.3, 0.4) is 0 Å². The minimum Gasteiger partial charge on any atom is -0.478 e. The van der Waals surface area contributed by atoms with Crippen LogP contribution in [0.1, 0.15) is 10.4 Å². The lowest BCUT2D eigenvalue weighted by atomic mass is 10.2. The Hall–Kier alpha value is -1.92. The molecule has 0 aliphatic rings. The average Bonchev–Trinajstić information content (AvgIpc) is 2.81. The fraction of sp³-hybridized carbons (Fsp3) is 0. The summed E-state index contributed by atoms with van der Waals surface area (Å²) in [6, 6.07) is 10.0. The van der Waals surface area contributed by atoms with Crippen LogP contribution in [0.15, 0.2) is 40.9 Å². The number of aromatic carboxylic acids is 1. The highest BCUT2D eigenvalue weighted by Gasteiger charge is 2.12. The number of hydrogen-bond acceptors (Lipinski definition) is 3. The Morgan fingerprint density at radius 1 is 1.25 bits per heavy atom. The molecule has 7 heteroatoms. The highest BCUT2D eigenvalue weighted by molar-refractivity contribution is 9.10. The van der Waals surface area contributed by atoms with Crippen molar-refractivity contribution in [2.24, 2.45) is 0 Å². The molecule has 0 saturated carbocycles. The Kier molecular flexibility index (Phi) is 3.19. The van der Waals surface area contributed by atoms with Crippen LogP contribution in [-0.4, -0.2) is 26.1 Å². The number of halogens is 2. The molecule has 100 valence electrons. The van der Waals surface area contributed by atoms with E-state index in [1.807, 2.05) is 6.07 Å². The van der Waals surface area contributed by atoms with Crippen molar-refractivity contribution in [2.75, 3.05) is 0 Å². The van der Waals surface area contributed by atoms with E-state index in [2.05, 4.69) is 26.2 Å². The van der Waals surface area contributed by atoms with Gasteiger partial charge in [-0.25, -0.2) is 9.48 Å². The van der Waals surface area contributed by atoms with Crippen LogP contribution in [-0.2, 0) is 0 Å². The van der Waals surface area contributed by atoms with Gasteiger partial charge in [0.05, 0.1) is 16.8 Å². The highest BCUT2D eigenvalue weighted by Crippen LogP contribution is 2.27. The Bertz CT molecular complexity index is 832. The van der Waals surface area contributed by atoms with Crippen molar-refractivity contribution in [1.82, 2.24) is 15.0 Å². The second-order valence-corrected chi connectivity index (χ2v) is 5.40. The van der Waals surface area contributed by atoms with Crippen molar-refractivity contribution in [3.05, 3.63) is 51.5 Å². The summed E-state index contributed by atoms with van der Waals surface area (Å²) in [6.07, 6.45) is 0. The van der Waals surface area contributed by atoms with Crippen LogP contribution in [0.4, 0.5) is 0 Å². The van der Waals surface area contributed by atoms with E-state index in [0.717, 1.165) is 15.7 Å². The van der Waals surface area contributed by atoms with Gasteiger partial charge in [0, 0.05) is 9.50 Å². The maximum absolute atomic E-state index is 10.9. The topological polar surface area (TPSA) is 68.0 Å². The SMILES string of the molecule is O=C(O)c1ccc2c(c1)nnn2-c1ccc(Cl)cc1Br. The van der Waals surface area contributed by atoms with Gasteiger partial charge in [0.2, 0.25) is 0 Å². The van der Waals surface area contributed by atoms with Crippen molar-refractivity contribution in [2.45, 2.75) is 0 Å². The molecule has 0 unspecified atom stereocenters. The Labute approximate surface area is 126 Å². The number of aromatic nitrogens is 3. The smallest absolute Gasteiger partial charge is 0.335 e. The summed E-state index contributed by atoms with van der Waals surface area (Å²) in [4.78, 5) is 10.9. The summed E-state index contributed by atoms with van der Waals surface area (Å²) in [5.41, 5.74) is 2.20. The largest absolute Gasteiger partial charge is 0.478 e. The zero-order chi connectivity index (χ0) is 14.3. The zero-order valence-electron chi connectivity index (χ0n) is 9.92. The minimum absolute atomic E-state index is 0.180. The van der Waals surface area contributed by atoms with Gasteiger partial charge in [-0.05, 0) is 52.3 Å². The predicted octanol–water partition coefficient (Wildman–Crippen LogP) is 3.53. The molecule has 1 N–H and O–H groups in total. The summed E-state index contributed by atoms with van der Waals surface area (Å²) < 4.78 is 2.40. The van der Waals surface area contributed by atoms with Crippen LogP contribution in [0.2, 0.25) is 5.02 Å². The van der Waals surface area contributed by atoms with Gasteiger partial charge in [0.1, 0.15) is 5.52 Å². The first-order valence-electron chi connectivity index (χ1n) is 5.60. The number of carboxylic acid groups (broad SMARTS) is 1. The van der Waals surface area contributed by atoms with Gasteiger partial charge in [-0.3, -0.25) is 0 Å². The molecule has 5 nitrogen and oxygen atoms in total. The minimum atomic E-state index is -0.992. The summed E-state index contributed by atoms with van der Waals surface area (Å²) >= 11 is 9.34. The van der Waals surface area contributed by atoms with Crippen LogP contribution in [0.5, 0.6) is 0 Å². The monoisotopic (exact) mass is 351 g/mol. The summed E-state index contributed by atoms with van der Waals surface area (Å²) in [6.45, 7) is 0. The van der Waals surface area contributed by atoms with Gasteiger partial charge in [-0.15, -0.1) is 5.10 Å². The highest BCUT2D eigenvalue weighted by atomic mass is 79.9. The lowest BCUT2D eigenvalue weighted by Gasteiger charge is -2.05. The third kappa shape index (κ3) is 2.17. The standard InChI is InChI=1S/C13H7BrClN3O2/c14-9-6-8(15)2-4-11(9)18-12-3-1-7(13(19)20)5-10(12)16-17-18/h1-6H,(H,19,20). The summed E-state index contributed by atoms with van der Waals surface area (Å²) in [5.74, 6) is -0.992. The van der Waals surface area contributed by atoms with Crippen molar-refractivity contribution in [3.8, 4) is 5.69 Å². The van der Waals surface area contributed by atoms with E-state index in [4.69, 9.17) is 16.7 Å².